The third kappa shape index (κ3) is 4.00. The van der Waals surface area contributed by atoms with Crippen LogP contribution in [0.2, 0.25) is 0 Å². The standard InChI is InChI=1S/C23H17FN4O.2ClH/c1-29-21-5-3-2-4-18(21)20-13-25-22-11-8-16(14-28(20)22)19-12-26-27-23(19)15-6-9-17(24)10-7-15;;/h2-14H,1H3,(H,26,27);2*1H. The average Bonchev–Trinajstić information content (AvgIpc) is 3.41. The van der Waals surface area contributed by atoms with Gasteiger partial charge in [0.05, 0.1) is 24.7 Å². The van der Waals surface area contributed by atoms with E-state index in [0.29, 0.717) is 0 Å². The van der Waals surface area contributed by atoms with Crippen molar-refractivity contribution in [3.05, 3.63) is 85.1 Å². The summed E-state index contributed by atoms with van der Waals surface area (Å²) >= 11 is 0. The highest BCUT2D eigenvalue weighted by molar-refractivity contribution is 5.85. The molecule has 0 aliphatic carbocycles. The molecule has 0 bridgehead atoms. The molecule has 0 radical (unpaired) electrons. The van der Waals surface area contributed by atoms with Crippen molar-refractivity contribution >= 4 is 30.5 Å². The van der Waals surface area contributed by atoms with Crippen LogP contribution in [0.15, 0.2) is 79.3 Å². The molecule has 0 fully saturated rings. The van der Waals surface area contributed by atoms with Gasteiger partial charge in [0.2, 0.25) is 0 Å². The Morgan fingerprint density at radius 2 is 1.65 bits per heavy atom. The van der Waals surface area contributed by atoms with Crippen molar-refractivity contribution in [1.29, 1.82) is 0 Å². The van der Waals surface area contributed by atoms with Crippen molar-refractivity contribution in [2.75, 3.05) is 7.11 Å². The van der Waals surface area contributed by atoms with E-state index in [1.807, 2.05) is 59.4 Å². The second kappa shape index (κ2) is 9.20. The Balaban J connectivity index is 0.00000136. The molecule has 0 saturated carbocycles. The number of hydrogen-bond donors (Lipinski definition) is 1. The number of imidazole rings is 1. The SMILES string of the molecule is COc1ccccc1-c1cnc2ccc(-c3c[nH]nc3-c3ccc(F)cc3)cn12.Cl.Cl. The van der Waals surface area contributed by atoms with Crippen molar-refractivity contribution in [1.82, 2.24) is 19.6 Å². The van der Waals surface area contributed by atoms with E-state index in [0.717, 1.165) is 45.0 Å². The van der Waals surface area contributed by atoms with E-state index in [1.165, 1.54) is 12.1 Å². The second-order valence-electron chi connectivity index (χ2n) is 6.64. The van der Waals surface area contributed by atoms with Crippen LogP contribution in [0, 0.1) is 5.82 Å². The minimum absolute atomic E-state index is 0. The number of aromatic nitrogens is 4. The summed E-state index contributed by atoms with van der Waals surface area (Å²) in [7, 11) is 1.66. The Morgan fingerprint density at radius 1 is 0.903 bits per heavy atom. The summed E-state index contributed by atoms with van der Waals surface area (Å²) in [6.45, 7) is 0. The van der Waals surface area contributed by atoms with Crippen LogP contribution in [-0.2, 0) is 0 Å². The molecule has 0 saturated heterocycles. The maximum atomic E-state index is 13.3. The van der Waals surface area contributed by atoms with Crippen LogP contribution < -0.4 is 4.74 Å². The molecule has 5 nitrogen and oxygen atoms in total. The fourth-order valence-corrected chi connectivity index (χ4v) is 3.53. The number of halogens is 3. The van der Waals surface area contributed by atoms with E-state index >= 15 is 0 Å². The van der Waals surface area contributed by atoms with Crippen molar-refractivity contribution in [3.63, 3.8) is 0 Å². The van der Waals surface area contributed by atoms with E-state index < -0.39 is 0 Å². The lowest BCUT2D eigenvalue weighted by molar-refractivity contribution is 0.416. The molecule has 0 spiro atoms. The molecule has 5 rings (SSSR count). The lowest BCUT2D eigenvalue weighted by Gasteiger charge is -2.09. The number of para-hydroxylation sites is 1. The Hall–Kier alpha value is -3.35. The summed E-state index contributed by atoms with van der Waals surface area (Å²) in [5, 5.41) is 7.30. The predicted octanol–water partition coefficient (Wildman–Crippen LogP) is 6.05. The van der Waals surface area contributed by atoms with Crippen LogP contribution in [0.5, 0.6) is 5.75 Å². The third-order valence-corrected chi connectivity index (χ3v) is 4.96. The molecule has 0 atom stereocenters. The molecule has 5 aromatic rings. The van der Waals surface area contributed by atoms with Gasteiger partial charge in [-0.05, 0) is 48.5 Å². The van der Waals surface area contributed by atoms with Gasteiger partial charge < -0.3 is 4.74 Å². The highest BCUT2D eigenvalue weighted by Gasteiger charge is 2.14. The van der Waals surface area contributed by atoms with Crippen molar-refractivity contribution < 1.29 is 9.13 Å². The van der Waals surface area contributed by atoms with Crippen LogP contribution in [-0.4, -0.2) is 26.7 Å². The molecular weight excluding hydrogens is 438 g/mol. The lowest BCUT2D eigenvalue weighted by Crippen LogP contribution is -1.93. The van der Waals surface area contributed by atoms with Crippen molar-refractivity contribution in [2.24, 2.45) is 0 Å². The summed E-state index contributed by atoms with van der Waals surface area (Å²) < 4.78 is 20.9. The maximum absolute atomic E-state index is 13.3. The van der Waals surface area contributed by atoms with Crippen molar-refractivity contribution in [2.45, 2.75) is 0 Å². The minimum Gasteiger partial charge on any atom is -0.496 e. The summed E-state index contributed by atoms with van der Waals surface area (Å²) in [6.07, 6.45) is 5.72. The Morgan fingerprint density at radius 3 is 2.42 bits per heavy atom. The number of hydrogen-bond acceptors (Lipinski definition) is 3. The molecule has 0 aliphatic heterocycles. The highest BCUT2D eigenvalue weighted by atomic mass is 35.5. The minimum atomic E-state index is -0.271. The molecule has 1 N–H and O–H groups in total. The number of nitrogens with one attached hydrogen (secondary N) is 1. The summed E-state index contributed by atoms with van der Waals surface area (Å²) in [5.74, 6) is 0.516. The molecular formula is C23H19Cl2FN4O. The topological polar surface area (TPSA) is 55.2 Å². The van der Waals surface area contributed by atoms with Gasteiger partial charge in [0, 0.05) is 34.6 Å². The van der Waals surface area contributed by atoms with E-state index in [2.05, 4.69) is 15.2 Å². The number of ether oxygens (including phenoxy) is 1. The fourth-order valence-electron chi connectivity index (χ4n) is 3.53. The molecule has 3 heterocycles. The first-order valence-electron chi connectivity index (χ1n) is 9.15. The number of aromatic amines is 1. The molecule has 2 aromatic carbocycles. The zero-order valence-corrected chi connectivity index (χ0v) is 18.1. The number of H-pyrrole nitrogens is 1. The smallest absolute Gasteiger partial charge is 0.137 e. The third-order valence-electron chi connectivity index (χ3n) is 4.96. The normalized spacial score (nSPS) is 10.4. The van der Waals surface area contributed by atoms with E-state index in [-0.39, 0.29) is 30.6 Å². The molecule has 0 unspecified atom stereocenters. The van der Waals surface area contributed by atoms with Gasteiger partial charge in [-0.3, -0.25) is 9.50 Å². The van der Waals surface area contributed by atoms with Gasteiger partial charge in [-0.2, -0.15) is 5.10 Å². The van der Waals surface area contributed by atoms with Crippen LogP contribution in [0.1, 0.15) is 0 Å². The molecule has 0 aliphatic rings. The maximum Gasteiger partial charge on any atom is 0.137 e. The first-order chi connectivity index (χ1) is 14.2. The van der Waals surface area contributed by atoms with Gasteiger partial charge in [-0.1, -0.05) is 12.1 Å². The highest BCUT2D eigenvalue weighted by Crippen LogP contribution is 2.33. The molecule has 158 valence electrons. The van der Waals surface area contributed by atoms with E-state index in [4.69, 9.17) is 4.74 Å². The summed E-state index contributed by atoms with van der Waals surface area (Å²) in [6, 6.07) is 18.2. The Labute approximate surface area is 190 Å². The van der Waals surface area contributed by atoms with E-state index in [1.54, 1.807) is 19.2 Å². The first-order valence-corrected chi connectivity index (χ1v) is 9.15. The number of benzene rings is 2. The quantitative estimate of drug-likeness (QED) is 0.358. The number of nitrogens with zero attached hydrogens (tertiary/aromatic N) is 3. The summed E-state index contributed by atoms with van der Waals surface area (Å²) in [4.78, 5) is 4.53. The monoisotopic (exact) mass is 456 g/mol. The van der Waals surface area contributed by atoms with Gasteiger partial charge in [-0.15, -0.1) is 24.8 Å². The average molecular weight is 457 g/mol. The fraction of sp³-hybridized carbons (Fsp3) is 0.0435. The van der Waals surface area contributed by atoms with Gasteiger partial charge >= 0.3 is 0 Å². The molecule has 31 heavy (non-hydrogen) atoms. The zero-order valence-electron chi connectivity index (χ0n) is 16.4. The lowest BCUT2D eigenvalue weighted by atomic mass is 10.0. The Bertz CT molecular complexity index is 1310. The van der Waals surface area contributed by atoms with E-state index in [9.17, 15) is 4.39 Å². The molecule has 0 amide bonds. The predicted molar refractivity (Wildman–Crippen MR) is 125 cm³/mol. The first kappa shape index (κ1) is 22.3. The number of fused-ring (bicyclic) bond motifs is 1. The molecule has 8 heteroatoms. The van der Waals surface area contributed by atoms with Crippen LogP contribution in [0.4, 0.5) is 4.39 Å². The van der Waals surface area contributed by atoms with Crippen LogP contribution >= 0.6 is 24.8 Å². The molecule has 3 aromatic heterocycles. The van der Waals surface area contributed by atoms with Gasteiger partial charge in [0.25, 0.3) is 0 Å². The van der Waals surface area contributed by atoms with Gasteiger partial charge in [0.1, 0.15) is 17.2 Å². The second-order valence-corrected chi connectivity index (χ2v) is 6.64. The number of pyridine rings is 1. The summed E-state index contributed by atoms with van der Waals surface area (Å²) in [5.41, 5.74) is 6.25. The van der Waals surface area contributed by atoms with Crippen LogP contribution in [0.3, 0.4) is 0 Å². The largest absolute Gasteiger partial charge is 0.496 e. The van der Waals surface area contributed by atoms with Crippen LogP contribution in [0.25, 0.3) is 39.3 Å². The van der Waals surface area contributed by atoms with Crippen molar-refractivity contribution in [3.8, 4) is 39.4 Å². The number of methoxy groups -OCH3 is 1. The van der Waals surface area contributed by atoms with Gasteiger partial charge in [0.15, 0.2) is 0 Å². The van der Waals surface area contributed by atoms with Gasteiger partial charge in [-0.25, -0.2) is 9.37 Å². The zero-order chi connectivity index (χ0) is 19.8. The Kier molecular flexibility index (Phi) is 6.63. The number of rotatable bonds is 4.